The molecule has 0 aromatic heterocycles. The number of esters is 1. The Morgan fingerprint density at radius 2 is 2.07 bits per heavy atom. The molecule has 1 saturated heterocycles. The molecule has 14 heavy (non-hydrogen) atoms. The van der Waals surface area contributed by atoms with Crippen molar-refractivity contribution in [1.29, 1.82) is 0 Å². The molecular formula is C6H9NO6S. The SMILES string of the molecule is CC(=O)O[C@@H]1CS(=O)(=O)C[C@@H]1[N+](=O)[O-]. The second-order valence-electron chi connectivity index (χ2n) is 3.08. The van der Waals surface area contributed by atoms with Crippen LogP contribution in [0.3, 0.4) is 0 Å². The molecule has 0 aromatic carbocycles. The first-order valence-electron chi connectivity index (χ1n) is 3.83. The Bertz CT molecular complexity index is 361. The minimum atomic E-state index is -3.45. The van der Waals surface area contributed by atoms with Gasteiger partial charge in [-0.1, -0.05) is 0 Å². The van der Waals surface area contributed by atoms with Crippen LogP contribution in [0.4, 0.5) is 0 Å². The van der Waals surface area contributed by atoms with E-state index in [4.69, 9.17) is 0 Å². The first-order chi connectivity index (χ1) is 6.32. The van der Waals surface area contributed by atoms with Crippen molar-refractivity contribution in [1.82, 2.24) is 0 Å². The normalized spacial score (nSPS) is 29.8. The molecule has 0 saturated carbocycles. The van der Waals surface area contributed by atoms with E-state index in [1.165, 1.54) is 0 Å². The third-order valence-electron chi connectivity index (χ3n) is 1.86. The Labute approximate surface area is 80.1 Å². The van der Waals surface area contributed by atoms with Gasteiger partial charge in [0.15, 0.2) is 15.9 Å². The van der Waals surface area contributed by atoms with E-state index in [0.717, 1.165) is 6.92 Å². The number of nitrogens with zero attached hydrogens (tertiary/aromatic N) is 1. The summed E-state index contributed by atoms with van der Waals surface area (Å²) >= 11 is 0. The van der Waals surface area contributed by atoms with Gasteiger partial charge >= 0.3 is 5.97 Å². The molecule has 0 unspecified atom stereocenters. The monoisotopic (exact) mass is 223 g/mol. The van der Waals surface area contributed by atoms with Crippen LogP contribution in [0.5, 0.6) is 0 Å². The highest BCUT2D eigenvalue weighted by atomic mass is 32.2. The van der Waals surface area contributed by atoms with Crippen LogP contribution in [0.2, 0.25) is 0 Å². The highest BCUT2D eigenvalue weighted by Crippen LogP contribution is 2.18. The molecular weight excluding hydrogens is 214 g/mol. The van der Waals surface area contributed by atoms with Crippen LogP contribution < -0.4 is 0 Å². The Kier molecular flexibility index (Phi) is 2.74. The standard InChI is InChI=1S/C6H9NO6S/c1-4(8)13-6-3-14(11,12)2-5(6)7(9)10/h5-6H,2-3H2,1H3/t5-,6+/m0/s1. The van der Waals surface area contributed by atoms with Crippen LogP contribution >= 0.6 is 0 Å². The summed E-state index contributed by atoms with van der Waals surface area (Å²) in [4.78, 5) is 20.2. The van der Waals surface area contributed by atoms with Gasteiger partial charge in [-0.25, -0.2) is 8.42 Å². The van der Waals surface area contributed by atoms with Crippen LogP contribution in [0, 0.1) is 10.1 Å². The fraction of sp³-hybridized carbons (Fsp3) is 0.833. The van der Waals surface area contributed by atoms with E-state index in [9.17, 15) is 23.3 Å². The summed E-state index contributed by atoms with van der Waals surface area (Å²) < 4.78 is 26.6. The Balaban J connectivity index is 2.83. The quantitative estimate of drug-likeness (QED) is 0.337. The van der Waals surface area contributed by atoms with E-state index in [1.54, 1.807) is 0 Å². The van der Waals surface area contributed by atoms with Crippen LogP contribution in [0.25, 0.3) is 0 Å². The van der Waals surface area contributed by atoms with E-state index in [0.29, 0.717) is 0 Å². The molecule has 1 fully saturated rings. The molecule has 0 spiro atoms. The van der Waals surface area contributed by atoms with Gasteiger partial charge in [0.25, 0.3) is 6.04 Å². The fourth-order valence-corrected chi connectivity index (χ4v) is 3.10. The van der Waals surface area contributed by atoms with Crippen LogP contribution in [-0.2, 0) is 19.4 Å². The molecule has 0 N–H and O–H groups in total. The van der Waals surface area contributed by atoms with Gasteiger partial charge in [0, 0.05) is 11.8 Å². The maximum Gasteiger partial charge on any atom is 0.303 e. The third kappa shape index (κ3) is 2.41. The molecule has 0 bridgehead atoms. The Morgan fingerprint density at radius 1 is 1.50 bits per heavy atom. The Morgan fingerprint density at radius 3 is 2.50 bits per heavy atom. The van der Waals surface area contributed by atoms with Gasteiger partial charge in [-0.2, -0.15) is 0 Å². The van der Waals surface area contributed by atoms with E-state index in [-0.39, 0.29) is 0 Å². The molecule has 2 atom stereocenters. The molecule has 80 valence electrons. The first kappa shape index (κ1) is 10.9. The highest BCUT2D eigenvalue weighted by molar-refractivity contribution is 7.91. The van der Waals surface area contributed by atoms with E-state index in [2.05, 4.69) is 4.74 Å². The fourth-order valence-electron chi connectivity index (χ4n) is 1.32. The summed E-state index contributed by atoms with van der Waals surface area (Å²) in [5.74, 6) is -1.73. The Hall–Kier alpha value is -1.18. The van der Waals surface area contributed by atoms with Crippen molar-refractivity contribution in [3.05, 3.63) is 10.1 Å². The molecule has 1 rings (SSSR count). The van der Waals surface area contributed by atoms with Crippen LogP contribution in [-0.4, -0.2) is 43.0 Å². The van der Waals surface area contributed by atoms with Crippen molar-refractivity contribution < 1.29 is 22.9 Å². The molecule has 0 radical (unpaired) electrons. The molecule has 0 aliphatic carbocycles. The third-order valence-corrected chi connectivity index (χ3v) is 3.55. The minimum Gasteiger partial charge on any atom is -0.454 e. The summed E-state index contributed by atoms with van der Waals surface area (Å²) in [6, 6.07) is -1.33. The molecule has 7 nitrogen and oxygen atoms in total. The summed E-state index contributed by atoms with van der Waals surface area (Å²) in [6.45, 7) is 1.09. The summed E-state index contributed by atoms with van der Waals surface area (Å²) in [6.07, 6.45) is -1.15. The summed E-state index contributed by atoms with van der Waals surface area (Å²) in [5.41, 5.74) is 0. The number of sulfone groups is 1. The topological polar surface area (TPSA) is 104 Å². The molecule has 8 heteroatoms. The van der Waals surface area contributed by atoms with Crippen molar-refractivity contribution in [3.8, 4) is 0 Å². The second kappa shape index (κ2) is 3.52. The zero-order chi connectivity index (χ0) is 10.9. The number of carbonyl (C=O) groups is 1. The lowest BCUT2D eigenvalue weighted by Crippen LogP contribution is -2.35. The van der Waals surface area contributed by atoms with Gasteiger partial charge in [-0.15, -0.1) is 0 Å². The average molecular weight is 223 g/mol. The van der Waals surface area contributed by atoms with Gasteiger partial charge in [-0.05, 0) is 0 Å². The molecule has 0 amide bonds. The van der Waals surface area contributed by atoms with E-state index < -0.39 is 44.4 Å². The van der Waals surface area contributed by atoms with Gasteiger partial charge in [0.1, 0.15) is 5.75 Å². The van der Waals surface area contributed by atoms with Gasteiger partial charge in [-0.3, -0.25) is 14.9 Å². The lowest BCUT2D eigenvalue weighted by molar-refractivity contribution is -0.525. The number of hydrogen-bond acceptors (Lipinski definition) is 6. The van der Waals surface area contributed by atoms with Crippen molar-refractivity contribution in [2.75, 3.05) is 11.5 Å². The van der Waals surface area contributed by atoms with Crippen molar-refractivity contribution >= 4 is 15.8 Å². The minimum absolute atomic E-state index is 0.460. The first-order valence-corrected chi connectivity index (χ1v) is 5.65. The highest BCUT2D eigenvalue weighted by Gasteiger charge is 2.47. The van der Waals surface area contributed by atoms with Crippen molar-refractivity contribution in [3.63, 3.8) is 0 Å². The van der Waals surface area contributed by atoms with Crippen LogP contribution in [0.15, 0.2) is 0 Å². The molecule has 1 heterocycles. The number of nitro groups is 1. The van der Waals surface area contributed by atoms with Crippen LogP contribution in [0.1, 0.15) is 6.92 Å². The molecule has 1 aliphatic heterocycles. The smallest absolute Gasteiger partial charge is 0.303 e. The average Bonchev–Trinajstić information content (AvgIpc) is 2.24. The number of hydrogen-bond donors (Lipinski definition) is 0. The summed E-state index contributed by atoms with van der Waals surface area (Å²) in [7, 11) is -3.45. The maximum atomic E-state index is 11.0. The second-order valence-corrected chi connectivity index (χ2v) is 5.23. The zero-order valence-electron chi connectivity index (χ0n) is 7.37. The lowest BCUT2D eigenvalue weighted by atomic mass is 10.2. The number of rotatable bonds is 2. The van der Waals surface area contributed by atoms with Gasteiger partial charge in [0.05, 0.1) is 5.75 Å². The zero-order valence-corrected chi connectivity index (χ0v) is 8.19. The van der Waals surface area contributed by atoms with Crippen molar-refractivity contribution in [2.24, 2.45) is 0 Å². The predicted molar refractivity (Wildman–Crippen MR) is 45.0 cm³/mol. The van der Waals surface area contributed by atoms with Gasteiger partial charge in [0.2, 0.25) is 0 Å². The van der Waals surface area contributed by atoms with Gasteiger partial charge < -0.3 is 4.74 Å². The van der Waals surface area contributed by atoms with E-state index in [1.807, 2.05) is 0 Å². The van der Waals surface area contributed by atoms with Crippen molar-refractivity contribution in [2.45, 2.75) is 19.1 Å². The molecule has 0 aromatic rings. The van der Waals surface area contributed by atoms with E-state index >= 15 is 0 Å². The largest absolute Gasteiger partial charge is 0.454 e. The molecule has 1 aliphatic rings. The lowest BCUT2D eigenvalue weighted by Gasteiger charge is -2.10. The predicted octanol–water partition coefficient (Wildman–Crippen LogP) is -1.01. The number of ether oxygens (including phenoxy) is 1. The summed E-state index contributed by atoms with van der Waals surface area (Å²) in [5, 5.41) is 10.4. The maximum absolute atomic E-state index is 11.0. The number of carbonyl (C=O) groups excluding carboxylic acids is 1.